The third-order valence-corrected chi connectivity index (χ3v) is 14.1. The SMILES string of the molecule is Nc1ncnc2c1c(-c1ccc(Oc3ccccc3)cc1)nn2[C@@H]1CCCN(CC2CCN(C(=O)N3CCC(CCN4CCN(c5ccc6c(c5)CNC6=O)CC4)CC3)CC2)C1. The molecule has 3 aromatic carbocycles. The highest BCUT2D eigenvalue weighted by Gasteiger charge is 2.33. The van der Waals surface area contributed by atoms with E-state index in [9.17, 15) is 9.59 Å². The van der Waals surface area contributed by atoms with E-state index in [2.05, 4.69) is 51.6 Å². The number of rotatable bonds is 10. The lowest BCUT2D eigenvalue weighted by molar-refractivity contribution is 0.0956. The summed E-state index contributed by atoms with van der Waals surface area (Å²) in [6, 6.07) is 24.4. The predicted octanol–water partition coefficient (Wildman–Crippen LogP) is 6.50. The monoisotopic (exact) mass is 837 g/mol. The summed E-state index contributed by atoms with van der Waals surface area (Å²) in [6.45, 7) is 12.4. The summed E-state index contributed by atoms with van der Waals surface area (Å²) in [5, 5.41) is 8.89. The molecule has 0 bridgehead atoms. The number of benzene rings is 3. The molecule has 0 radical (unpaired) electrons. The maximum Gasteiger partial charge on any atom is 0.319 e. The van der Waals surface area contributed by atoms with Gasteiger partial charge in [0.25, 0.3) is 5.91 Å². The zero-order chi connectivity index (χ0) is 42.0. The van der Waals surface area contributed by atoms with E-state index in [-0.39, 0.29) is 18.0 Å². The number of likely N-dealkylation sites (tertiary alicyclic amines) is 3. The number of hydrogen-bond acceptors (Lipinski definition) is 10. The molecular formula is C48H59N11O3. The van der Waals surface area contributed by atoms with Crippen molar-refractivity contribution in [3.8, 4) is 22.8 Å². The fourth-order valence-corrected chi connectivity index (χ4v) is 10.4. The van der Waals surface area contributed by atoms with Gasteiger partial charge < -0.3 is 35.4 Å². The predicted molar refractivity (Wildman–Crippen MR) is 241 cm³/mol. The molecule has 3 amide bonds. The fourth-order valence-electron chi connectivity index (χ4n) is 10.4. The third-order valence-electron chi connectivity index (χ3n) is 14.1. The molecule has 7 heterocycles. The number of nitrogens with zero attached hydrogens (tertiary/aromatic N) is 9. The second-order valence-electron chi connectivity index (χ2n) is 18.0. The maximum absolute atomic E-state index is 13.7. The highest BCUT2D eigenvalue weighted by Crippen LogP contribution is 2.36. The van der Waals surface area contributed by atoms with Crippen LogP contribution in [0.2, 0.25) is 0 Å². The zero-order valence-corrected chi connectivity index (χ0v) is 35.7. The third kappa shape index (κ3) is 8.67. The summed E-state index contributed by atoms with van der Waals surface area (Å²) >= 11 is 0. The molecule has 5 aliphatic rings. The van der Waals surface area contributed by atoms with Crippen molar-refractivity contribution >= 4 is 34.5 Å². The number of carbonyl (C=O) groups excluding carboxylic acids is 2. The van der Waals surface area contributed by atoms with Gasteiger partial charge in [0.2, 0.25) is 0 Å². The quantitative estimate of drug-likeness (QED) is 0.160. The van der Waals surface area contributed by atoms with Crippen molar-refractivity contribution in [2.24, 2.45) is 11.8 Å². The summed E-state index contributed by atoms with van der Waals surface area (Å²) in [5.41, 5.74) is 12.2. The maximum atomic E-state index is 13.7. The van der Waals surface area contributed by atoms with Gasteiger partial charge in [-0.05, 0) is 130 Å². The van der Waals surface area contributed by atoms with E-state index >= 15 is 0 Å². The Morgan fingerprint density at radius 3 is 2.26 bits per heavy atom. The van der Waals surface area contributed by atoms with Gasteiger partial charge in [-0.15, -0.1) is 0 Å². The van der Waals surface area contributed by atoms with E-state index in [0.29, 0.717) is 24.2 Å². The first-order valence-corrected chi connectivity index (χ1v) is 22.9. The van der Waals surface area contributed by atoms with Gasteiger partial charge in [-0.1, -0.05) is 18.2 Å². The van der Waals surface area contributed by atoms with Crippen LogP contribution in [-0.4, -0.2) is 130 Å². The van der Waals surface area contributed by atoms with Crippen molar-refractivity contribution in [3.63, 3.8) is 0 Å². The first kappa shape index (κ1) is 40.3. The van der Waals surface area contributed by atoms with Gasteiger partial charge in [0.1, 0.15) is 29.3 Å². The molecule has 14 heteroatoms. The minimum Gasteiger partial charge on any atom is -0.457 e. The molecule has 62 heavy (non-hydrogen) atoms. The number of fused-ring (bicyclic) bond motifs is 2. The molecule has 14 nitrogen and oxygen atoms in total. The zero-order valence-electron chi connectivity index (χ0n) is 35.7. The molecule has 10 rings (SSSR count). The Bertz CT molecular complexity index is 2350. The number of hydrogen-bond donors (Lipinski definition) is 2. The van der Waals surface area contributed by atoms with E-state index < -0.39 is 0 Å². The number of piperazine rings is 1. The van der Waals surface area contributed by atoms with E-state index in [4.69, 9.17) is 20.6 Å². The second-order valence-corrected chi connectivity index (χ2v) is 18.0. The fraction of sp³-hybridized carbons (Fsp3) is 0.479. The van der Waals surface area contributed by atoms with Gasteiger partial charge in [-0.2, -0.15) is 5.10 Å². The molecule has 5 aromatic rings. The van der Waals surface area contributed by atoms with Gasteiger partial charge in [-0.3, -0.25) is 9.69 Å². The first-order valence-electron chi connectivity index (χ1n) is 22.9. The van der Waals surface area contributed by atoms with Gasteiger partial charge in [0, 0.05) is 88.8 Å². The topological polar surface area (TPSA) is 141 Å². The average Bonchev–Trinajstić information content (AvgIpc) is 3.90. The minimum absolute atomic E-state index is 0.0418. The second kappa shape index (κ2) is 17.9. The smallest absolute Gasteiger partial charge is 0.319 e. The Hall–Kier alpha value is -5.73. The molecule has 0 unspecified atom stereocenters. The van der Waals surface area contributed by atoms with Gasteiger partial charge in [-0.25, -0.2) is 19.4 Å². The number of aromatic nitrogens is 4. The standard InChI is InChI=1S/C48H59N11O3/c49-45-43-44(36-8-11-41(12-9-36)62-40-6-2-1-3-7-40)53-59(46(43)52-33-51-45)39-5-4-19-55(32-39)31-35-17-23-58(24-18-35)48(61)57-21-15-34(16-22-57)14-20-54-25-27-56(28-26-54)38-10-13-42-37(29-38)30-50-47(42)60/h1-3,6-13,29,33-35,39H,4-5,14-28,30-32H2,(H,50,60)(H2,49,51,52)/t39-/m1/s1. The number of carbonyl (C=O) groups is 2. The molecule has 4 saturated heterocycles. The van der Waals surface area contributed by atoms with Crippen LogP contribution in [0.5, 0.6) is 11.5 Å². The van der Waals surface area contributed by atoms with Crippen LogP contribution in [0.25, 0.3) is 22.3 Å². The van der Waals surface area contributed by atoms with Crippen LogP contribution in [-0.2, 0) is 6.54 Å². The summed E-state index contributed by atoms with van der Waals surface area (Å²) in [5.74, 6) is 3.28. The lowest BCUT2D eigenvalue weighted by Gasteiger charge is -2.41. The Kier molecular flexibility index (Phi) is 11.7. The molecule has 0 saturated carbocycles. The molecule has 0 aliphatic carbocycles. The summed E-state index contributed by atoms with van der Waals surface area (Å²) in [7, 11) is 0. The Labute approximate surface area is 364 Å². The molecule has 1 atom stereocenters. The largest absolute Gasteiger partial charge is 0.457 e. The van der Waals surface area contributed by atoms with Crippen molar-refractivity contribution in [1.29, 1.82) is 0 Å². The summed E-state index contributed by atoms with van der Waals surface area (Å²) in [6.07, 6.45) is 9.15. The Morgan fingerprint density at radius 1 is 0.774 bits per heavy atom. The van der Waals surface area contributed by atoms with Crippen LogP contribution in [0, 0.1) is 11.8 Å². The van der Waals surface area contributed by atoms with Crippen molar-refractivity contribution in [2.45, 2.75) is 57.5 Å². The van der Waals surface area contributed by atoms with E-state index in [1.165, 1.54) is 12.1 Å². The molecule has 5 aliphatic heterocycles. The number of amides is 3. The average molecular weight is 838 g/mol. The van der Waals surface area contributed by atoms with Crippen LogP contribution in [0.4, 0.5) is 16.3 Å². The van der Waals surface area contributed by atoms with Gasteiger partial charge >= 0.3 is 6.03 Å². The van der Waals surface area contributed by atoms with Crippen molar-refractivity contribution in [3.05, 3.63) is 90.3 Å². The molecule has 3 N–H and O–H groups in total. The number of para-hydroxylation sites is 1. The lowest BCUT2D eigenvalue weighted by atomic mass is 9.93. The van der Waals surface area contributed by atoms with E-state index in [1.807, 2.05) is 60.7 Å². The number of urea groups is 1. The van der Waals surface area contributed by atoms with Gasteiger partial charge in [0.05, 0.1) is 11.4 Å². The van der Waals surface area contributed by atoms with Crippen molar-refractivity contribution < 1.29 is 14.3 Å². The highest BCUT2D eigenvalue weighted by atomic mass is 16.5. The van der Waals surface area contributed by atoms with Gasteiger partial charge in [0.15, 0.2) is 5.65 Å². The van der Waals surface area contributed by atoms with Crippen LogP contribution in [0.3, 0.4) is 0 Å². The number of nitrogens with two attached hydrogens (primary N) is 1. The van der Waals surface area contributed by atoms with Crippen molar-refractivity contribution in [2.75, 3.05) is 89.2 Å². The van der Waals surface area contributed by atoms with Crippen LogP contribution < -0.4 is 20.7 Å². The van der Waals surface area contributed by atoms with E-state index in [1.54, 1.807) is 6.33 Å². The number of nitrogens with one attached hydrogen (secondary N) is 1. The lowest BCUT2D eigenvalue weighted by Crippen LogP contribution is -2.50. The molecule has 2 aromatic heterocycles. The minimum atomic E-state index is 0.0418. The summed E-state index contributed by atoms with van der Waals surface area (Å²) in [4.78, 5) is 46.6. The van der Waals surface area contributed by atoms with Crippen molar-refractivity contribution in [1.82, 2.24) is 44.7 Å². The number of nitrogen functional groups attached to an aromatic ring is 1. The molecule has 0 spiro atoms. The van der Waals surface area contributed by atoms with E-state index in [0.717, 1.165) is 162 Å². The first-order chi connectivity index (χ1) is 30.4. The normalized spacial score (nSPS) is 20.7. The number of anilines is 2. The Morgan fingerprint density at radius 2 is 1.50 bits per heavy atom. The number of piperidine rings is 3. The van der Waals surface area contributed by atoms with Crippen LogP contribution in [0.15, 0.2) is 79.1 Å². The number of ether oxygens (including phenoxy) is 1. The summed E-state index contributed by atoms with van der Waals surface area (Å²) < 4.78 is 8.13. The molecular weight excluding hydrogens is 779 g/mol. The molecule has 324 valence electrons. The van der Waals surface area contributed by atoms with Crippen LogP contribution in [0.1, 0.15) is 66.9 Å². The Balaban J connectivity index is 0.669. The van der Waals surface area contributed by atoms with Crippen LogP contribution >= 0.6 is 0 Å². The highest BCUT2D eigenvalue weighted by molar-refractivity contribution is 5.99. The molecule has 4 fully saturated rings.